The fraction of sp³-hybridized carbons (Fsp3) is 0.636. The molecule has 0 aromatic carbocycles. The summed E-state index contributed by atoms with van der Waals surface area (Å²) >= 11 is 0. The molecule has 0 aliphatic heterocycles. The minimum absolute atomic E-state index is 0.111. The van der Waals surface area contributed by atoms with Crippen LogP contribution in [-0.4, -0.2) is 36.3 Å². The van der Waals surface area contributed by atoms with E-state index in [1.165, 1.54) is 11.8 Å². The van der Waals surface area contributed by atoms with Gasteiger partial charge >= 0.3 is 0 Å². The zero-order chi connectivity index (χ0) is 11.7. The molecule has 4 heteroatoms. The molecule has 0 aliphatic carbocycles. The molecule has 4 nitrogen and oxygen atoms in total. The van der Waals surface area contributed by atoms with E-state index >= 15 is 0 Å². The molecule has 0 heterocycles. The van der Waals surface area contributed by atoms with E-state index < -0.39 is 0 Å². The third-order valence-electron chi connectivity index (χ3n) is 1.98. The summed E-state index contributed by atoms with van der Waals surface area (Å²) in [6.07, 6.45) is 3.62. The number of hydrogen-bond donors (Lipinski definition) is 1. The Bertz CT molecular complexity index is 227. The molecule has 2 amide bonds. The van der Waals surface area contributed by atoms with Gasteiger partial charge in [0.1, 0.15) is 0 Å². The molecule has 0 bridgehead atoms. The predicted molar refractivity (Wildman–Crippen MR) is 60.4 cm³/mol. The fourth-order valence-corrected chi connectivity index (χ4v) is 1.09. The number of unbranched alkanes of at least 4 members (excludes halogenated alkanes) is 1. The summed E-state index contributed by atoms with van der Waals surface area (Å²) in [4.78, 5) is 23.9. The van der Waals surface area contributed by atoms with Crippen LogP contribution in [-0.2, 0) is 9.59 Å². The molecule has 0 spiro atoms. The lowest BCUT2D eigenvalue weighted by Gasteiger charge is -2.18. The van der Waals surface area contributed by atoms with Gasteiger partial charge in [-0.05, 0) is 6.42 Å². The van der Waals surface area contributed by atoms with E-state index in [9.17, 15) is 9.59 Å². The van der Waals surface area contributed by atoms with Gasteiger partial charge in [-0.1, -0.05) is 19.4 Å². The number of nitrogens with one attached hydrogen (secondary N) is 1. The van der Waals surface area contributed by atoms with E-state index in [4.69, 9.17) is 0 Å². The molecule has 0 saturated carbocycles. The molecule has 0 aromatic rings. The van der Waals surface area contributed by atoms with Crippen LogP contribution < -0.4 is 5.32 Å². The Labute approximate surface area is 91.3 Å². The molecule has 0 fully saturated rings. The lowest BCUT2D eigenvalue weighted by Crippen LogP contribution is -2.40. The maximum atomic E-state index is 11.4. The highest BCUT2D eigenvalue weighted by molar-refractivity contribution is 5.83. The highest BCUT2D eigenvalue weighted by atomic mass is 16.2. The Morgan fingerprint density at radius 2 is 2.13 bits per heavy atom. The average molecular weight is 212 g/mol. The van der Waals surface area contributed by atoms with Crippen LogP contribution in [0.2, 0.25) is 0 Å². The maximum Gasteiger partial charge on any atom is 0.239 e. The summed E-state index contributed by atoms with van der Waals surface area (Å²) in [6, 6.07) is 0. The van der Waals surface area contributed by atoms with Crippen LogP contribution >= 0.6 is 0 Å². The number of nitrogens with zero attached hydrogens (tertiary/aromatic N) is 1. The normalized spacial score (nSPS) is 9.47. The summed E-state index contributed by atoms with van der Waals surface area (Å²) in [5.74, 6) is -0.221. The van der Waals surface area contributed by atoms with E-state index in [1.54, 1.807) is 6.08 Å². The van der Waals surface area contributed by atoms with Crippen LogP contribution in [0.5, 0.6) is 0 Å². The van der Waals surface area contributed by atoms with Crippen LogP contribution in [0.15, 0.2) is 12.7 Å². The van der Waals surface area contributed by atoms with Crippen molar-refractivity contribution in [3.63, 3.8) is 0 Å². The minimum Gasteiger partial charge on any atom is -0.355 e. The molecular weight excluding hydrogens is 192 g/mol. The third kappa shape index (κ3) is 6.71. The smallest absolute Gasteiger partial charge is 0.239 e. The fourth-order valence-electron chi connectivity index (χ4n) is 1.09. The van der Waals surface area contributed by atoms with Crippen LogP contribution in [0.3, 0.4) is 0 Å². The number of rotatable bonds is 7. The summed E-state index contributed by atoms with van der Waals surface area (Å²) in [7, 11) is 0. The SMILES string of the molecule is C=CCN(CC(=O)NCCCC)C(C)=O. The Hall–Kier alpha value is -1.32. The van der Waals surface area contributed by atoms with Crippen molar-refractivity contribution in [1.29, 1.82) is 0 Å². The monoisotopic (exact) mass is 212 g/mol. The number of amides is 2. The molecular formula is C11H20N2O2. The Kier molecular flexibility index (Phi) is 7.32. The largest absolute Gasteiger partial charge is 0.355 e. The molecule has 0 aromatic heterocycles. The topological polar surface area (TPSA) is 49.4 Å². The van der Waals surface area contributed by atoms with Gasteiger partial charge in [-0.3, -0.25) is 9.59 Å². The zero-order valence-corrected chi connectivity index (χ0v) is 9.58. The summed E-state index contributed by atoms with van der Waals surface area (Å²) < 4.78 is 0. The molecule has 0 unspecified atom stereocenters. The van der Waals surface area contributed by atoms with Crippen LogP contribution in [0, 0.1) is 0 Å². The molecule has 0 rings (SSSR count). The molecule has 15 heavy (non-hydrogen) atoms. The van der Waals surface area contributed by atoms with Crippen molar-refractivity contribution >= 4 is 11.8 Å². The first-order valence-corrected chi connectivity index (χ1v) is 5.25. The highest BCUT2D eigenvalue weighted by Gasteiger charge is 2.10. The minimum atomic E-state index is -0.111. The van der Waals surface area contributed by atoms with Gasteiger partial charge in [0, 0.05) is 20.0 Å². The van der Waals surface area contributed by atoms with Crippen molar-refractivity contribution in [2.24, 2.45) is 0 Å². The number of carbonyl (C=O) groups excluding carboxylic acids is 2. The average Bonchev–Trinajstić information content (AvgIpc) is 2.17. The lowest BCUT2D eigenvalue weighted by molar-refractivity contribution is -0.133. The lowest BCUT2D eigenvalue weighted by atomic mass is 10.3. The second-order valence-corrected chi connectivity index (χ2v) is 3.39. The van der Waals surface area contributed by atoms with E-state index in [-0.39, 0.29) is 18.4 Å². The van der Waals surface area contributed by atoms with Crippen LogP contribution in [0.1, 0.15) is 26.7 Å². The molecule has 86 valence electrons. The van der Waals surface area contributed by atoms with E-state index in [0.717, 1.165) is 12.8 Å². The van der Waals surface area contributed by atoms with Crippen molar-refractivity contribution in [2.45, 2.75) is 26.7 Å². The van der Waals surface area contributed by atoms with Gasteiger partial charge in [0.25, 0.3) is 0 Å². The van der Waals surface area contributed by atoms with Crippen molar-refractivity contribution in [2.75, 3.05) is 19.6 Å². The molecule has 0 radical (unpaired) electrons. The van der Waals surface area contributed by atoms with Gasteiger partial charge in [0.2, 0.25) is 11.8 Å². The standard InChI is InChI=1S/C11H20N2O2/c1-4-6-7-12-11(15)9-13(8-5-2)10(3)14/h5H,2,4,6-9H2,1,3H3,(H,12,15). The van der Waals surface area contributed by atoms with Gasteiger partial charge in [-0.2, -0.15) is 0 Å². The summed E-state index contributed by atoms with van der Waals surface area (Å²) in [5.41, 5.74) is 0. The van der Waals surface area contributed by atoms with Crippen molar-refractivity contribution in [1.82, 2.24) is 10.2 Å². The van der Waals surface area contributed by atoms with Crippen molar-refractivity contribution in [3.05, 3.63) is 12.7 Å². The van der Waals surface area contributed by atoms with Crippen molar-refractivity contribution in [3.8, 4) is 0 Å². The summed E-state index contributed by atoms with van der Waals surface area (Å²) in [5, 5.41) is 2.76. The Morgan fingerprint density at radius 1 is 1.47 bits per heavy atom. The van der Waals surface area contributed by atoms with Gasteiger partial charge in [-0.25, -0.2) is 0 Å². The highest BCUT2D eigenvalue weighted by Crippen LogP contribution is 1.90. The second-order valence-electron chi connectivity index (χ2n) is 3.39. The first-order valence-electron chi connectivity index (χ1n) is 5.25. The maximum absolute atomic E-state index is 11.4. The number of hydrogen-bond acceptors (Lipinski definition) is 2. The van der Waals surface area contributed by atoms with E-state index in [0.29, 0.717) is 13.1 Å². The Morgan fingerprint density at radius 3 is 2.60 bits per heavy atom. The van der Waals surface area contributed by atoms with E-state index in [1.807, 2.05) is 0 Å². The van der Waals surface area contributed by atoms with Gasteiger partial charge in [0.15, 0.2) is 0 Å². The van der Waals surface area contributed by atoms with E-state index in [2.05, 4.69) is 18.8 Å². The first kappa shape index (κ1) is 13.7. The zero-order valence-electron chi connectivity index (χ0n) is 9.58. The first-order chi connectivity index (χ1) is 7.11. The quantitative estimate of drug-likeness (QED) is 0.504. The van der Waals surface area contributed by atoms with Crippen molar-refractivity contribution < 1.29 is 9.59 Å². The third-order valence-corrected chi connectivity index (χ3v) is 1.98. The predicted octanol–water partition coefficient (Wildman–Crippen LogP) is 0.937. The molecule has 0 saturated heterocycles. The molecule has 0 atom stereocenters. The van der Waals surface area contributed by atoms with Gasteiger partial charge < -0.3 is 10.2 Å². The molecule has 1 N–H and O–H groups in total. The van der Waals surface area contributed by atoms with Crippen LogP contribution in [0.25, 0.3) is 0 Å². The summed E-state index contributed by atoms with van der Waals surface area (Å²) in [6.45, 7) is 8.25. The molecule has 0 aliphatic rings. The van der Waals surface area contributed by atoms with Gasteiger partial charge in [0.05, 0.1) is 6.54 Å². The number of carbonyl (C=O) groups is 2. The Balaban J connectivity index is 3.89. The van der Waals surface area contributed by atoms with Gasteiger partial charge in [-0.15, -0.1) is 6.58 Å². The second kappa shape index (κ2) is 8.03. The van der Waals surface area contributed by atoms with Crippen LogP contribution in [0.4, 0.5) is 0 Å².